The van der Waals surface area contributed by atoms with Crippen LogP contribution < -0.4 is 11.1 Å². The Bertz CT molecular complexity index is 973. The first kappa shape index (κ1) is 20.6. The lowest BCUT2D eigenvalue weighted by Crippen LogP contribution is -2.34. The van der Waals surface area contributed by atoms with Crippen LogP contribution in [0.1, 0.15) is 68.0 Å². The van der Waals surface area contributed by atoms with Gasteiger partial charge in [0.15, 0.2) is 5.82 Å². The van der Waals surface area contributed by atoms with E-state index >= 15 is 0 Å². The molecule has 0 unspecified atom stereocenters. The number of imidazole rings is 1. The minimum Gasteiger partial charge on any atom is -0.384 e. The highest BCUT2D eigenvalue weighted by Gasteiger charge is 2.34. The summed E-state index contributed by atoms with van der Waals surface area (Å²) in [6.45, 7) is 5.50. The molecule has 2 aliphatic rings. The van der Waals surface area contributed by atoms with Crippen molar-refractivity contribution in [2.24, 2.45) is 5.41 Å². The van der Waals surface area contributed by atoms with Gasteiger partial charge in [-0.05, 0) is 42.4 Å². The van der Waals surface area contributed by atoms with E-state index in [9.17, 15) is 9.90 Å². The van der Waals surface area contributed by atoms with Gasteiger partial charge in [0.25, 0.3) is 5.91 Å². The van der Waals surface area contributed by atoms with Crippen molar-refractivity contribution in [1.82, 2.24) is 15.0 Å². The maximum absolute atomic E-state index is 12.6. The van der Waals surface area contributed by atoms with Gasteiger partial charge in [-0.1, -0.05) is 19.9 Å². The second kappa shape index (κ2) is 7.85. The van der Waals surface area contributed by atoms with Crippen LogP contribution in [0.3, 0.4) is 0 Å². The van der Waals surface area contributed by atoms with Crippen molar-refractivity contribution in [3.05, 3.63) is 41.6 Å². The zero-order chi connectivity index (χ0) is 21.4. The summed E-state index contributed by atoms with van der Waals surface area (Å²) in [4.78, 5) is 24.2. The first-order chi connectivity index (χ1) is 14.3. The highest BCUT2D eigenvalue weighted by molar-refractivity contribution is 6.03. The number of carbonyl (C=O) groups excluding carboxylic acids is 1. The number of allylic oxidation sites excluding steroid dienone is 2. The van der Waals surface area contributed by atoms with Crippen LogP contribution in [-0.4, -0.2) is 39.2 Å². The van der Waals surface area contributed by atoms with Gasteiger partial charge >= 0.3 is 0 Å². The minimum absolute atomic E-state index is 0.143. The molecule has 0 spiro atoms. The average Bonchev–Trinajstić information content (AvgIpc) is 3.15. The monoisotopic (exact) mass is 411 g/mol. The van der Waals surface area contributed by atoms with Crippen molar-refractivity contribution < 1.29 is 14.6 Å². The van der Waals surface area contributed by atoms with Gasteiger partial charge in [0.1, 0.15) is 11.4 Å². The maximum Gasteiger partial charge on any atom is 0.291 e. The van der Waals surface area contributed by atoms with E-state index in [-0.39, 0.29) is 17.1 Å². The summed E-state index contributed by atoms with van der Waals surface area (Å²) in [6.07, 6.45) is 7.44. The number of hydrogen-bond acceptors (Lipinski definition) is 6. The van der Waals surface area contributed by atoms with Crippen molar-refractivity contribution in [1.29, 1.82) is 0 Å². The van der Waals surface area contributed by atoms with Gasteiger partial charge < -0.3 is 25.9 Å². The van der Waals surface area contributed by atoms with Gasteiger partial charge in [0, 0.05) is 26.1 Å². The zero-order valence-electron chi connectivity index (χ0n) is 17.5. The molecule has 30 heavy (non-hydrogen) atoms. The van der Waals surface area contributed by atoms with Gasteiger partial charge in [0.2, 0.25) is 0 Å². The lowest BCUT2D eigenvalue weighted by atomic mass is 9.77. The fourth-order valence-corrected chi connectivity index (χ4v) is 3.95. The second-order valence-corrected chi connectivity index (χ2v) is 8.98. The molecule has 5 N–H and O–H groups in total. The molecule has 2 aromatic rings. The third-order valence-electron chi connectivity index (χ3n) is 6.03. The van der Waals surface area contributed by atoms with Crippen molar-refractivity contribution in [3.8, 4) is 0 Å². The molecule has 4 rings (SSSR count). The SMILES string of the molecule is CC1(C)CC=C(c2nc(C3(O)CCOCC3)ccc2NC(=O)c2ncc(N)[nH]2)CC1. The lowest BCUT2D eigenvalue weighted by molar-refractivity contribution is -0.0705. The first-order valence-electron chi connectivity index (χ1n) is 10.4. The standard InChI is InChI=1S/C22H29N5O3/c1-21(2)7-5-14(6-8-21)18-15(25-20(28)19-24-13-17(23)27-19)3-4-16(26-18)22(29)9-11-30-12-10-22/h3-5,13,29H,6-12,23H2,1-2H3,(H,24,27)(H,25,28). The summed E-state index contributed by atoms with van der Waals surface area (Å²) >= 11 is 0. The molecule has 0 atom stereocenters. The predicted molar refractivity (Wildman–Crippen MR) is 115 cm³/mol. The molecule has 1 aliphatic carbocycles. The second-order valence-electron chi connectivity index (χ2n) is 8.98. The number of nitrogens with two attached hydrogens (primary N) is 1. The first-order valence-corrected chi connectivity index (χ1v) is 10.4. The van der Waals surface area contributed by atoms with Gasteiger partial charge in [-0.3, -0.25) is 4.79 Å². The molecular weight excluding hydrogens is 382 g/mol. The third kappa shape index (κ3) is 4.24. The zero-order valence-corrected chi connectivity index (χ0v) is 17.5. The van der Waals surface area contributed by atoms with E-state index in [2.05, 4.69) is 35.2 Å². The Balaban J connectivity index is 1.69. The van der Waals surface area contributed by atoms with Crippen molar-refractivity contribution in [2.75, 3.05) is 24.3 Å². The number of pyridine rings is 1. The van der Waals surface area contributed by atoms with Crippen LogP contribution in [0, 0.1) is 5.41 Å². The fourth-order valence-electron chi connectivity index (χ4n) is 3.95. The largest absolute Gasteiger partial charge is 0.384 e. The Kier molecular flexibility index (Phi) is 5.38. The van der Waals surface area contributed by atoms with Crippen molar-refractivity contribution >= 4 is 23.0 Å². The van der Waals surface area contributed by atoms with E-state index in [1.54, 1.807) is 6.07 Å². The molecule has 160 valence electrons. The molecule has 1 amide bonds. The number of nitrogens with one attached hydrogen (secondary N) is 2. The molecule has 0 saturated carbocycles. The van der Waals surface area contributed by atoms with Crippen LogP contribution in [0.2, 0.25) is 0 Å². The Labute approximate surface area is 176 Å². The number of aromatic amines is 1. The van der Waals surface area contributed by atoms with E-state index in [0.29, 0.717) is 48.9 Å². The Hall–Kier alpha value is -2.71. The molecule has 3 heterocycles. The predicted octanol–water partition coefficient (Wildman–Crippen LogP) is 3.23. The van der Waals surface area contributed by atoms with Gasteiger partial charge in [-0.25, -0.2) is 9.97 Å². The summed E-state index contributed by atoms with van der Waals surface area (Å²) in [6, 6.07) is 3.60. The van der Waals surface area contributed by atoms with Crippen LogP contribution >= 0.6 is 0 Å². The van der Waals surface area contributed by atoms with Gasteiger partial charge in [0.05, 0.1) is 23.3 Å². The molecule has 0 aromatic carbocycles. The number of amides is 1. The molecule has 8 heteroatoms. The van der Waals surface area contributed by atoms with Crippen LogP contribution in [-0.2, 0) is 10.3 Å². The Morgan fingerprint density at radius 1 is 1.27 bits per heavy atom. The molecular formula is C22H29N5O3. The van der Waals surface area contributed by atoms with Gasteiger partial charge in [-0.2, -0.15) is 0 Å². The molecule has 8 nitrogen and oxygen atoms in total. The van der Waals surface area contributed by atoms with E-state index in [4.69, 9.17) is 15.5 Å². The topological polar surface area (TPSA) is 126 Å². The van der Waals surface area contributed by atoms with Crippen molar-refractivity contribution in [2.45, 2.75) is 51.6 Å². The normalized spacial score (nSPS) is 20.4. The number of hydrogen-bond donors (Lipinski definition) is 4. The van der Waals surface area contributed by atoms with E-state index in [0.717, 1.165) is 24.8 Å². The molecule has 2 aromatic heterocycles. The lowest BCUT2D eigenvalue weighted by Gasteiger charge is -2.33. The number of carbonyl (C=O) groups is 1. The number of ether oxygens (including phenoxy) is 1. The number of aliphatic hydroxyl groups is 1. The summed E-state index contributed by atoms with van der Waals surface area (Å²) in [5.41, 5.74) is 7.88. The minimum atomic E-state index is -1.01. The van der Waals surface area contributed by atoms with Crippen molar-refractivity contribution in [3.63, 3.8) is 0 Å². The average molecular weight is 412 g/mol. The maximum atomic E-state index is 12.6. The number of nitrogen functional groups attached to an aromatic ring is 1. The number of H-pyrrole nitrogens is 1. The molecule has 1 saturated heterocycles. The van der Waals surface area contributed by atoms with E-state index < -0.39 is 5.60 Å². The summed E-state index contributed by atoms with van der Waals surface area (Å²) in [7, 11) is 0. The molecule has 0 radical (unpaired) electrons. The quantitative estimate of drug-likeness (QED) is 0.612. The van der Waals surface area contributed by atoms with E-state index in [1.807, 2.05) is 6.07 Å². The highest BCUT2D eigenvalue weighted by atomic mass is 16.5. The van der Waals surface area contributed by atoms with Crippen LogP contribution in [0.25, 0.3) is 5.57 Å². The van der Waals surface area contributed by atoms with Crippen LogP contribution in [0.4, 0.5) is 11.5 Å². The van der Waals surface area contributed by atoms with Crippen LogP contribution in [0.15, 0.2) is 24.4 Å². The number of aromatic nitrogens is 3. The summed E-state index contributed by atoms with van der Waals surface area (Å²) in [5.74, 6) is 0.0844. The number of nitrogens with zero attached hydrogens (tertiary/aromatic N) is 2. The smallest absolute Gasteiger partial charge is 0.291 e. The molecule has 1 fully saturated rings. The van der Waals surface area contributed by atoms with E-state index in [1.165, 1.54) is 6.20 Å². The molecule has 1 aliphatic heterocycles. The number of anilines is 2. The Morgan fingerprint density at radius 3 is 2.67 bits per heavy atom. The van der Waals surface area contributed by atoms with Crippen LogP contribution in [0.5, 0.6) is 0 Å². The summed E-state index contributed by atoms with van der Waals surface area (Å²) < 4.78 is 5.41. The third-order valence-corrected chi connectivity index (χ3v) is 6.03. The number of rotatable bonds is 4. The highest BCUT2D eigenvalue weighted by Crippen LogP contribution is 2.40. The summed E-state index contributed by atoms with van der Waals surface area (Å²) in [5, 5.41) is 14.0. The molecule has 0 bridgehead atoms. The Morgan fingerprint density at radius 2 is 2.03 bits per heavy atom. The fraction of sp³-hybridized carbons (Fsp3) is 0.500. The van der Waals surface area contributed by atoms with Gasteiger partial charge in [-0.15, -0.1) is 0 Å².